The number of para-hydroxylation sites is 1. The Kier molecular flexibility index (Phi) is 4.06. The molecule has 3 rings (SSSR count). The van der Waals surface area contributed by atoms with Crippen molar-refractivity contribution in [3.05, 3.63) is 59.4 Å². The molecule has 2 N–H and O–H groups in total. The maximum Gasteiger partial charge on any atom is 0.165 e. The molecule has 0 unspecified atom stereocenters. The van der Waals surface area contributed by atoms with E-state index in [-0.39, 0.29) is 18.2 Å². The average Bonchev–Trinajstić information content (AvgIpc) is 3.30. The zero-order valence-electron chi connectivity index (χ0n) is 11.7. The quantitative estimate of drug-likeness (QED) is 0.856. The number of benzene rings is 2. The number of nitrogens with one attached hydrogen (secondary N) is 1. The Balaban J connectivity index is 1.69. The minimum Gasteiger partial charge on any atom is -0.508 e. The minimum atomic E-state index is -0.344. The first-order valence-corrected chi connectivity index (χ1v) is 7.14. The van der Waals surface area contributed by atoms with Crippen molar-refractivity contribution in [1.82, 2.24) is 5.32 Å². The van der Waals surface area contributed by atoms with Gasteiger partial charge >= 0.3 is 0 Å². The van der Waals surface area contributed by atoms with E-state index in [4.69, 9.17) is 4.74 Å². The second-order valence-electron chi connectivity index (χ2n) is 5.34. The van der Waals surface area contributed by atoms with Crippen LogP contribution in [-0.4, -0.2) is 11.1 Å². The van der Waals surface area contributed by atoms with Crippen molar-refractivity contribution in [1.29, 1.82) is 0 Å². The zero-order chi connectivity index (χ0) is 14.7. The maximum atomic E-state index is 14.0. The van der Waals surface area contributed by atoms with Crippen LogP contribution in [0.25, 0.3) is 0 Å². The van der Waals surface area contributed by atoms with Gasteiger partial charge in [0.15, 0.2) is 11.6 Å². The van der Waals surface area contributed by atoms with Crippen LogP contribution in [-0.2, 0) is 13.2 Å². The highest BCUT2D eigenvalue weighted by Crippen LogP contribution is 2.26. The highest BCUT2D eigenvalue weighted by Gasteiger charge is 2.21. The maximum absolute atomic E-state index is 14.0. The molecule has 0 atom stereocenters. The third-order valence-corrected chi connectivity index (χ3v) is 3.53. The zero-order valence-corrected chi connectivity index (χ0v) is 11.7. The molecule has 0 heterocycles. The molecule has 1 saturated carbocycles. The third-order valence-electron chi connectivity index (χ3n) is 3.53. The predicted molar refractivity (Wildman–Crippen MR) is 78.7 cm³/mol. The number of phenolic OH excluding ortho intramolecular Hbond substituents is 1. The molecule has 0 bridgehead atoms. The van der Waals surface area contributed by atoms with E-state index in [1.54, 1.807) is 30.3 Å². The van der Waals surface area contributed by atoms with Gasteiger partial charge in [0, 0.05) is 18.2 Å². The fraction of sp³-hybridized carbons (Fsp3) is 0.294. The van der Waals surface area contributed by atoms with Crippen LogP contribution >= 0.6 is 0 Å². The van der Waals surface area contributed by atoms with Crippen molar-refractivity contribution in [2.24, 2.45) is 0 Å². The van der Waals surface area contributed by atoms with E-state index in [0.29, 0.717) is 18.3 Å². The monoisotopic (exact) mass is 287 g/mol. The third kappa shape index (κ3) is 3.73. The summed E-state index contributed by atoms with van der Waals surface area (Å²) in [4.78, 5) is 0. The topological polar surface area (TPSA) is 41.5 Å². The molecule has 1 aliphatic carbocycles. The Bertz CT molecular complexity index is 609. The second-order valence-corrected chi connectivity index (χ2v) is 5.34. The fourth-order valence-corrected chi connectivity index (χ4v) is 2.14. The number of ether oxygens (including phenoxy) is 1. The molecular formula is C17H18FNO2. The summed E-state index contributed by atoms with van der Waals surface area (Å²) in [6.45, 7) is 0.894. The summed E-state index contributed by atoms with van der Waals surface area (Å²) in [5.41, 5.74) is 1.72. The van der Waals surface area contributed by atoms with Crippen molar-refractivity contribution >= 4 is 0 Å². The molecule has 1 fully saturated rings. The molecule has 0 aliphatic heterocycles. The first-order chi connectivity index (χ1) is 10.2. The highest BCUT2D eigenvalue weighted by molar-refractivity contribution is 5.35. The van der Waals surface area contributed by atoms with Crippen LogP contribution in [0.5, 0.6) is 11.5 Å². The SMILES string of the molecule is Oc1ccc(COc2c(F)cccc2CNC2CC2)cc1. The molecule has 0 saturated heterocycles. The second kappa shape index (κ2) is 6.14. The van der Waals surface area contributed by atoms with Crippen molar-refractivity contribution in [2.45, 2.75) is 32.0 Å². The molecule has 21 heavy (non-hydrogen) atoms. The van der Waals surface area contributed by atoms with Crippen molar-refractivity contribution in [2.75, 3.05) is 0 Å². The van der Waals surface area contributed by atoms with Crippen molar-refractivity contribution in [3.8, 4) is 11.5 Å². The average molecular weight is 287 g/mol. The van der Waals surface area contributed by atoms with Gasteiger partial charge in [0.1, 0.15) is 12.4 Å². The molecule has 110 valence electrons. The van der Waals surface area contributed by atoms with Gasteiger partial charge in [-0.25, -0.2) is 4.39 Å². The summed E-state index contributed by atoms with van der Waals surface area (Å²) in [5.74, 6) is 0.168. The first kappa shape index (κ1) is 13.9. The molecule has 0 amide bonds. The first-order valence-electron chi connectivity index (χ1n) is 7.14. The van der Waals surface area contributed by atoms with Gasteiger partial charge in [0.2, 0.25) is 0 Å². The van der Waals surface area contributed by atoms with E-state index in [1.165, 1.54) is 18.9 Å². The Morgan fingerprint density at radius 1 is 1.14 bits per heavy atom. The van der Waals surface area contributed by atoms with E-state index in [0.717, 1.165) is 11.1 Å². The lowest BCUT2D eigenvalue weighted by atomic mass is 10.2. The lowest BCUT2D eigenvalue weighted by Gasteiger charge is -2.13. The molecule has 2 aromatic rings. The van der Waals surface area contributed by atoms with Crippen LogP contribution in [0.15, 0.2) is 42.5 Å². The van der Waals surface area contributed by atoms with E-state index in [1.807, 2.05) is 6.07 Å². The van der Waals surface area contributed by atoms with Gasteiger partial charge in [-0.05, 0) is 36.6 Å². The summed E-state index contributed by atoms with van der Waals surface area (Å²) < 4.78 is 19.6. The summed E-state index contributed by atoms with van der Waals surface area (Å²) in [7, 11) is 0. The van der Waals surface area contributed by atoms with Crippen LogP contribution in [0, 0.1) is 5.82 Å². The van der Waals surface area contributed by atoms with Crippen LogP contribution < -0.4 is 10.1 Å². The van der Waals surface area contributed by atoms with E-state index >= 15 is 0 Å². The molecule has 0 radical (unpaired) electrons. The Hall–Kier alpha value is -2.07. The molecule has 4 heteroatoms. The number of hydrogen-bond acceptors (Lipinski definition) is 3. The predicted octanol–water partition coefficient (Wildman–Crippen LogP) is 3.36. The molecule has 0 aromatic heterocycles. The van der Waals surface area contributed by atoms with E-state index in [2.05, 4.69) is 5.32 Å². The fourth-order valence-electron chi connectivity index (χ4n) is 2.14. The van der Waals surface area contributed by atoms with Crippen LogP contribution in [0.1, 0.15) is 24.0 Å². The summed E-state index contributed by atoms with van der Waals surface area (Å²) >= 11 is 0. The van der Waals surface area contributed by atoms with Gasteiger partial charge in [-0.1, -0.05) is 24.3 Å². The smallest absolute Gasteiger partial charge is 0.165 e. The number of halogens is 1. The Labute approximate surface area is 123 Å². The summed E-state index contributed by atoms with van der Waals surface area (Å²) in [6, 6.07) is 12.3. The van der Waals surface area contributed by atoms with Crippen molar-refractivity contribution < 1.29 is 14.2 Å². The minimum absolute atomic E-state index is 0.207. The van der Waals surface area contributed by atoms with Gasteiger partial charge in [-0.15, -0.1) is 0 Å². The number of rotatable bonds is 6. The van der Waals surface area contributed by atoms with Gasteiger partial charge in [0.25, 0.3) is 0 Å². The van der Waals surface area contributed by atoms with Gasteiger partial charge in [0.05, 0.1) is 0 Å². The standard InChI is InChI=1S/C17H18FNO2/c18-16-3-1-2-13(10-19-14-6-7-14)17(16)21-11-12-4-8-15(20)9-5-12/h1-5,8-9,14,19-20H,6-7,10-11H2. The number of aromatic hydroxyl groups is 1. The van der Waals surface area contributed by atoms with Gasteiger partial charge in [-0.2, -0.15) is 0 Å². The lowest BCUT2D eigenvalue weighted by molar-refractivity contribution is 0.286. The van der Waals surface area contributed by atoms with Crippen LogP contribution in [0.3, 0.4) is 0 Å². The largest absolute Gasteiger partial charge is 0.508 e. The van der Waals surface area contributed by atoms with Crippen LogP contribution in [0.4, 0.5) is 4.39 Å². The number of hydrogen-bond donors (Lipinski definition) is 2. The van der Waals surface area contributed by atoms with Crippen LogP contribution in [0.2, 0.25) is 0 Å². The van der Waals surface area contributed by atoms with E-state index in [9.17, 15) is 9.50 Å². The summed E-state index contributed by atoms with van der Waals surface area (Å²) in [6.07, 6.45) is 2.39. The van der Waals surface area contributed by atoms with Gasteiger partial charge in [-0.3, -0.25) is 0 Å². The van der Waals surface area contributed by atoms with Crippen molar-refractivity contribution in [3.63, 3.8) is 0 Å². The Morgan fingerprint density at radius 2 is 1.90 bits per heavy atom. The molecule has 0 spiro atoms. The van der Waals surface area contributed by atoms with Gasteiger partial charge < -0.3 is 15.2 Å². The summed E-state index contributed by atoms with van der Waals surface area (Å²) in [5, 5.41) is 12.6. The highest BCUT2D eigenvalue weighted by atomic mass is 19.1. The van der Waals surface area contributed by atoms with E-state index < -0.39 is 0 Å². The molecule has 2 aromatic carbocycles. The molecule has 3 nitrogen and oxygen atoms in total. The number of phenols is 1. The molecule has 1 aliphatic rings. The Morgan fingerprint density at radius 3 is 2.62 bits per heavy atom. The normalized spacial score (nSPS) is 14.1. The lowest BCUT2D eigenvalue weighted by Crippen LogP contribution is -2.16. The molecular weight excluding hydrogens is 269 g/mol.